The first-order valence-electron chi connectivity index (χ1n) is 6.26. The minimum Gasteiger partial charge on any atom is -0.466 e. The Morgan fingerprint density at radius 1 is 1.35 bits per heavy atom. The van der Waals surface area contributed by atoms with E-state index in [2.05, 4.69) is 6.58 Å². The van der Waals surface area contributed by atoms with Crippen molar-refractivity contribution in [3.63, 3.8) is 0 Å². The molecule has 0 aromatic heterocycles. The highest BCUT2D eigenvalue weighted by molar-refractivity contribution is 6.39. The molecule has 0 spiro atoms. The number of ketones is 1. The van der Waals surface area contributed by atoms with Gasteiger partial charge >= 0.3 is 5.97 Å². The molecule has 0 unspecified atom stereocenters. The Kier molecular flexibility index (Phi) is 6.76. The first-order chi connectivity index (χ1) is 9.51. The summed E-state index contributed by atoms with van der Waals surface area (Å²) in [6, 6.07) is 4.84. The lowest BCUT2D eigenvalue weighted by atomic mass is 9.95. The van der Waals surface area contributed by atoms with Crippen molar-refractivity contribution in [1.29, 1.82) is 0 Å². The molecule has 1 atom stereocenters. The molecule has 0 heterocycles. The van der Waals surface area contributed by atoms with Gasteiger partial charge in [-0.15, -0.1) is 6.58 Å². The van der Waals surface area contributed by atoms with Gasteiger partial charge in [-0.3, -0.25) is 9.59 Å². The van der Waals surface area contributed by atoms with E-state index in [4.69, 9.17) is 27.9 Å². The van der Waals surface area contributed by atoms with Crippen LogP contribution in [0.1, 0.15) is 30.1 Å². The number of hydrogen-bond acceptors (Lipinski definition) is 3. The predicted molar refractivity (Wildman–Crippen MR) is 80.3 cm³/mol. The number of carbonyl (C=O) groups excluding carboxylic acids is 2. The van der Waals surface area contributed by atoms with Crippen LogP contribution in [0.15, 0.2) is 30.9 Å². The minimum absolute atomic E-state index is 0.00565. The van der Waals surface area contributed by atoms with Gasteiger partial charge in [0, 0.05) is 6.42 Å². The summed E-state index contributed by atoms with van der Waals surface area (Å²) in [6.07, 6.45) is 1.95. The van der Waals surface area contributed by atoms with Gasteiger partial charge < -0.3 is 4.74 Å². The lowest BCUT2D eigenvalue weighted by Gasteiger charge is -2.14. The van der Waals surface area contributed by atoms with E-state index in [-0.39, 0.29) is 34.4 Å². The topological polar surface area (TPSA) is 43.4 Å². The highest BCUT2D eigenvalue weighted by atomic mass is 35.5. The largest absolute Gasteiger partial charge is 0.466 e. The molecule has 1 aromatic carbocycles. The molecule has 0 aliphatic rings. The van der Waals surface area contributed by atoms with E-state index in [0.717, 1.165) is 0 Å². The van der Waals surface area contributed by atoms with Gasteiger partial charge in [-0.05, 0) is 25.5 Å². The number of Topliss-reactive ketones (excluding diaryl/α,β-unsaturated/α-hetero) is 1. The van der Waals surface area contributed by atoms with E-state index < -0.39 is 11.9 Å². The maximum atomic E-state index is 12.3. The van der Waals surface area contributed by atoms with Crippen LogP contribution in [0, 0.1) is 5.92 Å². The monoisotopic (exact) mass is 314 g/mol. The average molecular weight is 315 g/mol. The minimum atomic E-state index is -0.563. The van der Waals surface area contributed by atoms with Crippen molar-refractivity contribution >= 4 is 35.0 Å². The zero-order valence-electron chi connectivity index (χ0n) is 11.2. The first-order valence-corrected chi connectivity index (χ1v) is 7.01. The number of allylic oxidation sites excluding steroid dienone is 1. The van der Waals surface area contributed by atoms with Crippen LogP contribution in [0.5, 0.6) is 0 Å². The Balaban J connectivity index is 2.91. The van der Waals surface area contributed by atoms with E-state index >= 15 is 0 Å². The van der Waals surface area contributed by atoms with Crippen LogP contribution in [0.3, 0.4) is 0 Å². The third kappa shape index (κ3) is 4.36. The van der Waals surface area contributed by atoms with E-state index in [9.17, 15) is 9.59 Å². The zero-order chi connectivity index (χ0) is 15.1. The Bertz CT molecular complexity index is 492. The van der Waals surface area contributed by atoms with Crippen LogP contribution >= 0.6 is 23.2 Å². The fraction of sp³-hybridized carbons (Fsp3) is 0.333. The lowest BCUT2D eigenvalue weighted by Crippen LogP contribution is -2.21. The van der Waals surface area contributed by atoms with E-state index in [0.29, 0.717) is 6.42 Å². The number of esters is 1. The molecule has 1 aromatic rings. The summed E-state index contributed by atoms with van der Waals surface area (Å²) < 4.78 is 4.95. The van der Waals surface area contributed by atoms with Crippen LogP contribution in [0.25, 0.3) is 0 Å². The van der Waals surface area contributed by atoms with Gasteiger partial charge in [0.2, 0.25) is 0 Å². The summed E-state index contributed by atoms with van der Waals surface area (Å²) in [6.45, 7) is 5.58. The standard InChI is InChI=1S/C15H16Cl2O3/c1-3-6-10(15(19)20-4-2)9-13(18)14-11(16)7-5-8-12(14)17/h3,5,7-8,10H,1,4,6,9H2,2H3/t10-/m1/s1. The summed E-state index contributed by atoms with van der Waals surface area (Å²) >= 11 is 12.0. The van der Waals surface area contributed by atoms with E-state index in [1.54, 1.807) is 31.2 Å². The second-order valence-corrected chi connectivity index (χ2v) is 5.01. The molecule has 3 nitrogen and oxygen atoms in total. The van der Waals surface area contributed by atoms with Crippen molar-refractivity contribution in [2.45, 2.75) is 19.8 Å². The Morgan fingerprint density at radius 3 is 2.45 bits per heavy atom. The smallest absolute Gasteiger partial charge is 0.309 e. The van der Waals surface area contributed by atoms with Crippen molar-refractivity contribution in [2.75, 3.05) is 6.61 Å². The maximum absolute atomic E-state index is 12.3. The van der Waals surface area contributed by atoms with Gasteiger partial charge in [-0.2, -0.15) is 0 Å². The normalized spacial score (nSPS) is 11.8. The summed E-state index contributed by atoms with van der Waals surface area (Å²) in [5, 5.41) is 0.562. The molecular formula is C15H16Cl2O3. The molecule has 0 bridgehead atoms. The van der Waals surface area contributed by atoms with Crippen LogP contribution in [0.4, 0.5) is 0 Å². The van der Waals surface area contributed by atoms with Gasteiger partial charge in [-0.1, -0.05) is 35.3 Å². The summed E-state index contributed by atoms with van der Waals surface area (Å²) in [5.74, 6) is -1.25. The van der Waals surface area contributed by atoms with Crippen molar-refractivity contribution < 1.29 is 14.3 Å². The van der Waals surface area contributed by atoms with E-state index in [1.165, 1.54) is 0 Å². The number of hydrogen-bond donors (Lipinski definition) is 0. The molecule has 0 saturated heterocycles. The molecule has 5 heteroatoms. The average Bonchev–Trinajstić information content (AvgIpc) is 2.38. The number of carbonyl (C=O) groups is 2. The Labute approximate surface area is 128 Å². The van der Waals surface area contributed by atoms with Crippen LogP contribution in [0.2, 0.25) is 10.0 Å². The Morgan fingerprint density at radius 2 is 1.95 bits per heavy atom. The Hall–Kier alpha value is -1.32. The summed E-state index contributed by atoms with van der Waals surface area (Å²) in [5.41, 5.74) is 0.245. The molecule has 1 rings (SSSR count). The lowest BCUT2D eigenvalue weighted by molar-refractivity contribution is -0.147. The highest BCUT2D eigenvalue weighted by Crippen LogP contribution is 2.27. The molecule has 0 amide bonds. The third-order valence-corrected chi connectivity index (χ3v) is 3.37. The van der Waals surface area contributed by atoms with Crippen LogP contribution < -0.4 is 0 Å². The van der Waals surface area contributed by atoms with Crippen LogP contribution in [-0.2, 0) is 9.53 Å². The molecule has 108 valence electrons. The fourth-order valence-corrected chi connectivity index (χ4v) is 2.42. The van der Waals surface area contributed by atoms with Crippen molar-refractivity contribution in [2.24, 2.45) is 5.92 Å². The van der Waals surface area contributed by atoms with Gasteiger partial charge in [0.05, 0.1) is 28.1 Å². The number of ether oxygens (including phenoxy) is 1. The molecule has 0 saturated carbocycles. The van der Waals surface area contributed by atoms with Crippen molar-refractivity contribution in [3.05, 3.63) is 46.5 Å². The third-order valence-electron chi connectivity index (χ3n) is 2.74. The molecule has 0 aliphatic carbocycles. The van der Waals surface area contributed by atoms with Crippen molar-refractivity contribution in [1.82, 2.24) is 0 Å². The molecule has 0 N–H and O–H groups in total. The summed E-state index contributed by atoms with van der Waals surface area (Å²) in [7, 11) is 0. The van der Waals surface area contributed by atoms with Crippen molar-refractivity contribution in [3.8, 4) is 0 Å². The SMILES string of the molecule is C=CC[C@H](CC(=O)c1c(Cl)cccc1Cl)C(=O)OCC. The fourth-order valence-electron chi connectivity index (χ4n) is 1.81. The molecule has 0 fully saturated rings. The highest BCUT2D eigenvalue weighted by Gasteiger charge is 2.24. The first kappa shape index (κ1) is 16.7. The molecule has 0 aliphatic heterocycles. The quantitative estimate of drug-likeness (QED) is 0.427. The zero-order valence-corrected chi connectivity index (χ0v) is 12.7. The molecule has 0 radical (unpaired) electrons. The van der Waals surface area contributed by atoms with Crippen LogP contribution in [-0.4, -0.2) is 18.4 Å². The predicted octanol–water partition coefficient (Wildman–Crippen LogP) is 4.32. The van der Waals surface area contributed by atoms with Gasteiger partial charge in [0.1, 0.15) is 0 Å². The summed E-state index contributed by atoms with van der Waals surface area (Å²) in [4.78, 5) is 24.1. The molecular weight excluding hydrogens is 299 g/mol. The number of rotatable bonds is 7. The van der Waals surface area contributed by atoms with Gasteiger partial charge in [0.15, 0.2) is 5.78 Å². The molecule has 20 heavy (non-hydrogen) atoms. The van der Waals surface area contributed by atoms with E-state index in [1.807, 2.05) is 0 Å². The maximum Gasteiger partial charge on any atom is 0.309 e. The van der Waals surface area contributed by atoms with Gasteiger partial charge in [-0.25, -0.2) is 0 Å². The number of halogens is 2. The second-order valence-electron chi connectivity index (χ2n) is 4.20. The van der Waals surface area contributed by atoms with Gasteiger partial charge in [0.25, 0.3) is 0 Å². The second kappa shape index (κ2) is 8.08. The number of benzene rings is 1.